The minimum Gasteiger partial charge on any atom is -0.384 e. The average Bonchev–Trinajstić information content (AvgIpc) is 2.89. The van der Waals surface area contributed by atoms with Gasteiger partial charge in [-0.15, -0.1) is 0 Å². The van der Waals surface area contributed by atoms with Crippen molar-refractivity contribution < 1.29 is 18.8 Å². The summed E-state index contributed by atoms with van der Waals surface area (Å²) in [6, 6.07) is 4.95. The number of halogens is 1. The molecule has 0 aliphatic heterocycles. The van der Waals surface area contributed by atoms with Crippen molar-refractivity contribution in [2.75, 3.05) is 6.54 Å². The second kappa shape index (κ2) is 6.52. The second-order valence-corrected chi connectivity index (χ2v) is 5.05. The molecule has 3 N–H and O–H groups in total. The van der Waals surface area contributed by atoms with Gasteiger partial charge in [0.25, 0.3) is 0 Å². The molecule has 8 heteroatoms. The van der Waals surface area contributed by atoms with Crippen LogP contribution in [0.25, 0.3) is 0 Å². The van der Waals surface area contributed by atoms with Gasteiger partial charge in [0, 0.05) is 0 Å². The summed E-state index contributed by atoms with van der Waals surface area (Å²) >= 11 is 0. The maximum absolute atomic E-state index is 12.9. The Balaban J connectivity index is 1.83. The smallest absolute Gasteiger partial charge is 0.315 e. The molecular weight excluding hydrogens is 291 g/mol. The van der Waals surface area contributed by atoms with Gasteiger partial charge in [0.2, 0.25) is 5.89 Å². The highest BCUT2D eigenvalue weighted by Gasteiger charge is 2.23. The van der Waals surface area contributed by atoms with E-state index in [1.807, 2.05) is 0 Å². The van der Waals surface area contributed by atoms with E-state index in [0.29, 0.717) is 11.4 Å². The molecule has 0 aliphatic rings. The summed E-state index contributed by atoms with van der Waals surface area (Å²) in [5.74, 6) is 0.384. The van der Waals surface area contributed by atoms with Crippen LogP contribution in [0.3, 0.4) is 0 Å². The molecule has 0 fully saturated rings. The highest BCUT2D eigenvalue weighted by atomic mass is 19.1. The number of rotatable bonds is 5. The van der Waals surface area contributed by atoms with Gasteiger partial charge in [0.05, 0.1) is 13.1 Å². The van der Waals surface area contributed by atoms with E-state index in [2.05, 4.69) is 20.8 Å². The zero-order chi connectivity index (χ0) is 16.2. The van der Waals surface area contributed by atoms with Gasteiger partial charge in [-0.2, -0.15) is 4.98 Å². The van der Waals surface area contributed by atoms with Gasteiger partial charge in [-0.05, 0) is 31.5 Å². The molecule has 0 saturated heterocycles. The first kappa shape index (κ1) is 15.9. The van der Waals surface area contributed by atoms with Crippen LogP contribution in [0.15, 0.2) is 28.8 Å². The van der Waals surface area contributed by atoms with E-state index in [-0.39, 0.29) is 24.8 Å². The van der Waals surface area contributed by atoms with E-state index in [0.717, 1.165) is 0 Å². The molecule has 1 heterocycles. The predicted octanol–water partition coefficient (Wildman–Crippen LogP) is 1.22. The van der Waals surface area contributed by atoms with E-state index in [1.165, 1.54) is 31.2 Å². The van der Waals surface area contributed by atoms with Gasteiger partial charge in [-0.25, -0.2) is 9.18 Å². The lowest BCUT2D eigenvalue weighted by atomic mass is 9.96. The molecule has 2 amide bonds. The second-order valence-electron chi connectivity index (χ2n) is 5.05. The number of carbonyl (C=O) groups excluding carboxylic acids is 1. The number of nitrogens with zero attached hydrogens (tertiary/aromatic N) is 2. The Morgan fingerprint density at radius 3 is 2.64 bits per heavy atom. The van der Waals surface area contributed by atoms with Gasteiger partial charge in [-0.3, -0.25) is 0 Å². The zero-order valence-electron chi connectivity index (χ0n) is 12.3. The fourth-order valence-corrected chi connectivity index (χ4v) is 1.79. The molecule has 0 aliphatic carbocycles. The van der Waals surface area contributed by atoms with Crippen molar-refractivity contribution in [2.24, 2.45) is 0 Å². The fourth-order valence-electron chi connectivity index (χ4n) is 1.79. The molecule has 1 aromatic carbocycles. The number of urea groups is 1. The first-order valence-electron chi connectivity index (χ1n) is 6.66. The third-order valence-electron chi connectivity index (χ3n) is 3.03. The summed E-state index contributed by atoms with van der Waals surface area (Å²) in [5.41, 5.74) is -0.812. The number of aryl methyl sites for hydroxylation is 1. The molecule has 0 radical (unpaired) electrons. The maximum atomic E-state index is 12.9. The minimum absolute atomic E-state index is 0.0344. The summed E-state index contributed by atoms with van der Waals surface area (Å²) in [6.07, 6.45) is 0. The number of hydrogen-bond donors (Lipinski definition) is 3. The molecule has 7 nitrogen and oxygen atoms in total. The normalized spacial score (nSPS) is 13.5. The number of carbonyl (C=O) groups is 1. The molecule has 2 aromatic rings. The number of amides is 2. The molecule has 1 unspecified atom stereocenters. The number of hydrogen-bond acceptors (Lipinski definition) is 5. The average molecular weight is 308 g/mol. The van der Waals surface area contributed by atoms with Gasteiger partial charge in [-0.1, -0.05) is 17.3 Å². The lowest BCUT2D eigenvalue weighted by molar-refractivity contribution is 0.0593. The summed E-state index contributed by atoms with van der Waals surface area (Å²) in [4.78, 5) is 15.6. The summed E-state index contributed by atoms with van der Waals surface area (Å²) < 4.78 is 17.7. The van der Waals surface area contributed by atoms with E-state index in [1.54, 1.807) is 6.92 Å². The Hall–Kier alpha value is -2.48. The molecule has 1 atom stereocenters. The van der Waals surface area contributed by atoms with E-state index in [4.69, 9.17) is 4.52 Å². The van der Waals surface area contributed by atoms with Crippen molar-refractivity contribution in [3.8, 4) is 0 Å². The zero-order valence-corrected chi connectivity index (χ0v) is 12.3. The summed E-state index contributed by atoms with van der Waals surface area (Å²) in [6.45, 7) is 3.26. The van der Waals surface area contributed by atoms with E-state index < -0.39 is 11.6 Å². The van der Waals surface area contributed by atoms with Crippen LogP contribution in [-0.2, 0) is 12.1 Å². The lowest BCUT2D eigenvalue weighted by Gasteiger charge is -2.24. The molecule has 0 spiro atoms. The lowest BCUT2D eigenvalue weighted by Crippen LogP contribution is -2.43. The number of aliphatic hydroxyl groups is 1. The molecule has 2 rings (SSSR count). The van der Waals surface area contributed by atoms with Crippen molar-refractivity contribution in [1.29, 1.82) is 0 Å². The van der Waals surface area contributed by atoms with Gasteiger partial charge in [0.1, 0.15) is 11.4 Å². The SMILES string of the molecule is Cc1noc(CNC(=O)NCC(C)(O)c2ccc(F)cc2)n1. The van der Waals surface area contributed by atoms with Gasteiger partial charge < -0.3 is 20.3 Å². The molecular formula is C14H17FN4O3. The molecule has 0 bridgehead atoms. The number of benzene rings is 1. The Bertz CT molecular complexity index is 640. The van der Waals surface area contributed by atoms with Crippen molar-refractivity contribution in [1.82, 2.24) is 20.8 Å². The van der Waals surface area contributed by atoms with Crippen LogP contribution >= 0.6 is 0 Å². The third-order valence-corrected chi connectivity index (χ3v) is 3.03. The number of aromatic nitrogens is 2. The molecule has 0 saturated carbocycles. The van der Waals surface area contributed by atoms with Gasteiger partial charge in [0.15, 0.2) is 5.82 Å². The van der Waals surface area contributed by atoms with Crippen LogP contribution in [0.5, 0.6) is 0 Å². The first-order valence-corrected chi connectivity index (χ1v) is 6.66. The van der Waals surface area contributed by atoms with E-state index >= 15 is 0 Å². The highest BCUT2D eigenvalue weighted by Crippen LogP contribution is 2.19. The van der Waals surface area contributed by atoms with Crippen molar-refractivity contribution in [3.05, 3.63) is 47.4 Å². The topological polar surface area (TPSA) is 100 Å². The monoisotopic (exact) mass is 308 g/mol. The van der Waals surface area contributed by atoms with Crippen molar-refractivity contribution >= 4 is 6.03 Å². The number of nitrogens with one attached hydrogen (secondary N) is 2. The summed E-state index contributed by atoms with van der Waals surface area (Å²) in [5, 5.41) is 19.0. The van der Waals surface area contributed by atoms with Crippen molar-refractivity contribution in [2.45, 2.75) is 26.0 Å². The highest BCUT2D eigenvalue weighted by molar-refractivity contribution is 5.73. The predicted molar refractivity (Wildman–Crippen MR) is 75.2 cm³/mol. The van der Waals surface area contributed by atoms with Crippen molar-refractivity contribution in [3.63, 3.8) is 0 Å². The Morgan fingerprint density at radius 1 is 1.36 bits per heavy atom. The van der Waals surface area contributed by atoms with Crippen LogP contribution in [0, 0.1) is 12.7 Å². The Morgan fingerprint density at radius 2 is 2.05 bits per heavy atom. The van der Waals surface area contributed by atoms with Crippen LogP contribution in [0.4, 0.5) is 9.18 Å². The third kappa shape index (κ3) is 4.26. The first-order chi connectivity index (χ1) is 10.4. The van der Waals surface area contributed by atoms with Crippen LogP contribution in [0.2, 0.25) is 0 Å². The van der Waals surface area contributed by atoms with Crippen LogP contribution < -0.4 is 10.6 Å². The minimum atomic E-state index is -1.31. The molecule has 22 heavy (non-hydrogen) atoms. The quantitative estimate of drug-likeness (QED) is 0.771. The van der Waals surface area contributed by atoms with Crippen LogP contribution in [0.1, 0.15) is 24.2 Å². The summed E-state index contributed by atoms with van der Waals surface area (Å²) in [7, 11) is 0. The van der Waals surface area contributed by atoms with E-state index in [9.17, 15) is 14.3 Å². The van der Waals surface area contributed by atoms with Crippen LogP contribution in [-0.4, -0.2) is 27.8 Å². The maximum Gasteiger partial charge on any atom is 0.315 e. The standard InChI is InChI=1S/C14H17FN4O3/c1-9-18-12(22-19-9)7-16-13(20)17-8-14(2,21)10-3-5-11(15)6-4-10/h3-6,21H,7-8H2,1-2H3,(H2,16,17,20). The largest absolute Gasteiger partial charge is 0.384 e. The molecule has 1 aromatic heterocycles. The molecule has 118 valence electrons. The Labute approximate surface area is 126 Å². The Kier molecular flexibility index (Phi) is 4.71. The fraction of sp³-hybridized carbons (Fsp3) is 0.357. The van der Waals surface area contributed by atoms with Gasteiger partial charge >= 0.3 is 6.03 Å².